The van der Waals surface area contributed by atoms with Gasteiger partial charge in [-0.2, -0.15) is 5.10 Å². The number of anilines is 1. The maximum Gasteiger partial charge on any atom is 0.269 e. The Morgan fingerprint density at radius 3 is 3.05 bits per heavy atom. The Hall–Kier alpha value is -2.15. The molecule has 21 heavy (non-hydrogen) atoms. The van der Waals surface area contributed by atoms with Gasteiger partial charge in [-0.15, -0.1) is 0 Å². The molecule has 6 nitrogen and oxygen atoms in total. The summed E-state index contributed by atoms with van der Waals surface area (Å²) in [5.41, 5.74) is 2.58. The fourth-order valence-corrected chi connectivity index (χ4v) is 2.44. The average Bonchev–Trinajstić information content (AvgIpc) is 3.08. The number of aryl methyl sites for hydroxylation is 1. The lowest BCUT2D eigenvalue weighted by atomic mass is 10.0. The van der Waals surface area contributed by atoms with Crippen molar-refractivity contribution in [3.63, 3.8) is 0 Å². The van der Waals surface area contributed by atoms with E-state index in [1.807, 2.05) is 31.2 Å². The van der Waals surface area contributed by atoms with E-state index in [0.717, 1.165) is 21.4 Å². The molecule has 7 heteroatoms. The summed E-state index contributed by atoms with van der Waals surface area (Å²) < 4.78 is 0.961. The van der Waals surface area contributed by atoms with Crippen LogP contribution in [-0.2, 0) is 9.63 Å². The summed E-state index contributed by atoms with van der Waals surface area (Å²) in [5, 5.41) is 13.4. The minimum Gasteiger partial charge on any atom is -0.382 e. The number of rotatable bonds is 3. The van der Waals surface area contributed by atoms with Gasteiger partial charge in [0.1, 0.15) is 0 Å². The number of benzene rings is 1. The summed E-state index contributed by atoms with van der Waals surface area (Å²) in [6.07, 6.45) is -0.193. The number of nitrogens with one attached hydrogen (secondary N) is 2. The summed E-state index contributed by atoms with van der Waals surface area (Å²) in [5.74, 6) is 0.229. The number of carbonyl (C=O) groups excluding carboxylic acids is 1. The Balaban J connectivity index is 1.64. The fraction of sp³-hybridized carbons (Fsp3) is 0.214. The smallest absolute Gasteiger partial charge is 0.269 e. The first-order chi connectivity index (χ1) is 10.1. The van der Waals surface area contributed by atoms with Crippen LogP contribution in [0.3, 0.4) is 0 Å². The Morgan fingerprint density at radius 2 is 2.33 bits per heavy atom. The predicted octanol–water partition coefficient (Wildman–Crippen LogP) is 2.61. The summed E-state index contributed by atoms with van der Waals surface area (Å²) in [4.78, 5) is 17.3. The molecule has 108 valence electrons. The zero-order valence-electron chi connectivity index (χ0n) is 11.3. The summed E-state index contributed by atoms with van der Waals surface area (Å²) in [7, 11) is 0. The first kappa shape index (κ1) is 13.8. The van der Waals surface area contributed by atoms with E-state index in [9.17, 15) is 4.79 Å². The molecular weight excluding hydrogens is 336 g/mol. The van der Waals surface area contributed by atoms with Gasteiger partial charge in [-0.1, -0.05) is 33.2 Å². The molecule has 1 amide bonds. The van der Waals surface area contributed by atoms with E-state index in [0.29, 0.717) is 12.2 Å². The van der Waals surface area contributed by atoms with Gasteiger partial charge in [0.2, 0.25) is 6.10 Å². The first-order valence-corrected chi connectivity index (χ1v) is 7.22. The van der Waals surface area contributed by atoms with Crippen LogP contribution in [0.15, 0.2) is 40.0 Å². The van der Waals surface area contributed by atoms with Gasteiger partial charge >= 0.3 is 0 Å². The zero-order valence-corrected chi connectivity index (χ0v) is 12.8. The molecule has 1 atom stereocenters. The summed E-state index contributed by atoms with van der Waals surface area (Å²) in [6.45, 7) is 1.86. The average molecular weight is 349 g/mol. The van der Waals surface area contributed by atoms with E-state index in [2.05, 4.69) is 36.6 Å². The molecule has 1 unspecified atom stereocenters. The molecule has 2 heterocycles. The molecule has 0 spiro atoms. The number of H-pyrrole nitrogens is 1. The third-order valence-electron chi connectivity index (χ3n) is 3.08. The van der Waals surface area contributed by atoms with Gasteiger partial charge < -0.3 is 10.2 Å². The number of amides is 1. The van der Waals surface area contributed by atoms with Crippen LogP contribution in [0.5, 0.6) is 0 Å². The quantitative estimate of drug-likeness (QED) is 0.894. The number of carbonyl (C=O) groups is 1. The highest BCUT2D eigenvalue weighted by atomic mass is 79.9. The van der Waals surface area contributed by atoms with Crippen molar-refractivity contribution >= 4 is 33.4 Å². The van der Waals surface area contributed by atoms with Crippen LogP contribution in [0, 0.1) is 6.92 Å². The highest BCUT2D eigenvalue weighted by molar-refractivity contribution is 9.10. The zero-order chi connectivity index (χ0) is 14.8. The second-order valence-electron chi connectivity index (χ2n) is 4.77. The molecule has 0 saturated carbocycles. The number of hydrogen-bond acceptors (Lipinski definition) is 4. The Morgan fingerprint density at radius 1 is 1.48 bits per heavy atom. The molecule has 2 aromatic rings. The van der Waals surface area contributed by atoms with Crippen LogP contribution in [0.25, 0.3) is 0 Å². The molecule has 2 N–H and O–H groups in total. The number of nitrogens with zero attached hydrogens (tertiary/aromatic N) is 2. The third kappa shape index (κ3) is 3.13. The largest absolute Gasteiger partial charge is 0.382 e. The summed E-state index contributed by atoms with van der Waals surface area (Å²) in [6, 6.07) is 9.48. The maximum atomic E-state index is 12.1. The van der Waals surface area contributed by atoms with Crippen LogP contribution in [0.4, 0.5) is 5.82 Å². The van der Waals surface area contributed by atoms with Crippen molar-refractivity contribution in [3.8, 4) is 0 Å². The minimum absolute atomic E-state index is 0.254. The van der Waals surface area contributed by atoms with Crippen molar-refractivity contribution in [3.05, 3.63) is 46.1 Å². The van der Waals surface area contributed by atoms with Crippen LogP contribution in [0.1, 0.15) is 17.7 Å². The first-order valence-electron chi connectivity index (χ1n) is 6.43. The third-order valence-corrected chi connectivity index (χ3v) is 3.57. The summed E-state index contributed by atoms with van der Waals surface area (Å²) >= 11 is 3.41. The van der Waals surface area contributed by atoms with Crippen LogP contribution in [0.2, 0.25) is 0 Å². The number of aromatic nitrogens is 2. The highest BCUT2D eigenvalue weighted by Crippen LogP contribution is 2.20. The SMILES string of the molecule is Cc1cc(NC(=O)C2CC(c3cccc(Br)c3)=NO2)n[nH]1. The van der Waals surface area contributed by atoms with Crippen molar-refractivity contribution in [1.82, 2.24) is 10.2 Å². The lowest BCUT2D eigenvalue weighted by Gasteiger charge is -2.07. The van der Waals surface area contributed by atoms with E-state index < -0.39 is 6.10 Å². The molecule has 0 bridgehead atoms. The molecule has 1 aliphatic rings. The van der Waals surface area contributed by atoms with Crippen LogP contribution in [-0.4, -0.2) is 27.9 Å². The molecular formula is C14H13BrN4O2. The van der Waals surface area contributed by atoms with Crippen molar-refractivity contribution in [2.24, 2.45) is 5.16 Å². The lowest BCUT2D eigenvalue weighted by molar-refractivity contribution is -0.125. The normalized spacial score (nSPS) is 17.2. The Bertz CT molecular complexity index is 711. The van der Waals surface area contributed by atoms with Gasteiger partial charge in [-0.25, -0.2) is 0 Å². The standard InChI is InChI=1S/C14H13BrN4O2/c1-8-5-13(18-17-8)16-14(20)12-7-11(19-21-12)9-3-2-4-10(15)6-9/h2-6,12H,7H2,1H3,(H2,16,17,18,20). The molecule has 0 radical (unpaired) electrons. The maximum absolute atomic E-state index is 12.1. The number of hydrogen-bond donors (Lipinski definition) is 2. The lowest BCUT2D eigenvalue weighted by Crippen LogP contribution is -2.28. The van der Waals surface area contributed by atoms with Gasteiger partial charge in [-0.05, 0) is 19.1 Å². The second-order valence-corrected chi connectivity index (χ2v) is 5.69. The predicted molar refractivity (Wildman–Crippen MR) is 82.1 cm³/mol. The van der Waals surface area contributed by atoms with Crippen molar-refractivity contribution in [2.45, 2.75) is 19.4 Å². The molecule has 1 aromatic carbocycles. The highest BCUT2D eigenvalue weighted by Gasteiger charge is 2.29. The number of oxime groups is 1. The molecule has 0 aliphatic carbocycles. The van der Waals surface area contributed by atoms with E-state index in [1.165, 1.54) is 0 Å². The van der Waals surface area contributed by atoms with Gasteiger partial charge in [0.05, 0.1) is 5.71 Å². The van der Waals surface area contributed by atoms with E-state index >= 15 is 0 Å². The van der Waals surface area contributed by atoms with Crippen LogP contribution < -0.4 is 5.32 Å². The van der Waals surface area contributed by atoms with E-state index in [1.54, 1.807) is 6.07 Å². The van der Waals surface area contributed by atoms with E-state index in [-0.39, 0.29) is 5.91 Å². The minimum atomic E-state index is -0.629. The van der Waals surface area contributed by atoms with Gasteiger partial charge in [0.25, 0.3) is 5.91 Å². The second kappa shape index (κ2) is 5.69. The Kier molecular flexibility index (Phi) is 3.74. The van der Waals surface area contributed by atoms with Gasteiger partial charge in [0, 0.05) is 28.2 Å². The molecule has 0 fully saturated rings. The van der Waals surface area contributed by atoms with Crippen molar-refractivity contribution < 1.29 is 9.63 Å². The van der Waals surface area contributed by atoms with E-state index in [4.69, 9.17) is 4.84 Å². The fourth-order valence-electron chi connectivity index (χ4n) is 2.05. The van der Waals surface area contributed by atoms with Gasteiger partial charge in [0.15, 0.2) is 5.82 Å². The number of halogens is 1. The van der Waals surface area contributed by atoms with Crippen molar-refractivity contribution in [1.29, 1.82) is 0 Å². The number of aromatic amines is 1. The Labute approximate surface area is 129 Å². The monoisotopic (exact) mass is 348 g/mol. The molecule has 0 saturated heterocycles. The molecule has 1 aliphatic heterocycles. The topological polar surface area (TPSA) is 79.4 Å². The molecule has 3 rings (SSSR count). The molecule has 1 aromatic heterocycles. The van der Waals surface area contributed by atoms with Gasteiger partial charge in [-0.3, -0.25) is 9.89 Å². The van der Waals surface area contributed by atoms with Crippen molar-refractivity contribution in [2.75, 3.05) is 5.32 Å². The van der Waals surface area contributed by atoms with Crippen LogP contribution >= 0.6 is 15.9 Å².